The number of ether oxygens (including phenoxy) is 1. The van der Waals surface area contributed by atoms with Crippen LogP contribution < -0.4 is 5.32 Å². The number of thiophene rings is 1. The van der Waals surface area contributed by atoms with Crippen molar-refractivity contribution in [3.8, 4) is 0 Å². The first-order valence-corrected chi connectivity index (χ1v) is 10.8. The first-order chi connectivity index (χ1) is 13.8. The van der Waals surface area contributed by atoms with Crippen LogP contribution in [0, 0.1) is 5.92 Å². The number of carbonyl (C=O) groups is 1. The minimum Gasteiger partial charge on any atom is -0.459 e. The van der Waals surface area contributed by atoms with E-state index in [9.17, 15) is 4.79 Å². The molecule has 4 nitrogen and oxygen atoms in total. The fraction of sp³-hybridized carbons (Fsp3) is 0.348. The number of hydrogen-bond acceptors (Lipinski definition) is 5. The maximum Gasteiger partial charge on any atom is 0.334 e. The van der Waals surface area contributed by atoms with Crippen LogP contribution in [-0.4, -0.2) is 36.6 Å². The molecular formula is C23H24N2O2S. The average molecular weight is 393 g/mol. The smallest absolute Gasteiger partial charge is 0.334 e. The summed E-state index contributed by atoms with van der Waals surface area (Å²) in [5, 5.41) is 4.58. The Hall–Kier alpha value is -2.37. The summed E-state index contributed by atoms with van der Waals surface area (Å²) < 4.78 is 7.26. The van der Waals surface area contributed by atoms with Gasteiger partial charge in [-0.15, -0.1) is 11.3 Å². The van der Waals surface area contributed by atoms with E-state index in [0.717, 1.165) is 48.4 Å². The summed E-state index contributed by atoms with van der Waals surface area (Å²) >= 11 is 1.66. The van der Waals surface area contributed by atoms with Gasteiger partial charge < -0.3 is 10.1 Å². The van der Waals surface area contributed by atoms with Crippen molar-refractivity contribution >= 4 is 33.1 Å². The largest absolute Gasteiger partial charge is 0.459 e. The van der Waals surface area contributed by atoms with Crippen LogP contribution in [0.4, 0.5) is 5.69 Å². The van der Waals surface area contributed by atoms with E-state index in [1.165, 1.54) is 4.70 Å². The van der Waals surface area contributed by atoms with Gasteiger partial charge in [-0.2, -0.15) is 0 Å². The molecule has 2 aromatic carbocycles. The predicted octanol–water partition coefficient (Wildman–Crippen LogP) is 4.69. The minimum atomic E-state index is -0.491. The molecule has 2 bridgehead atoms. The molecule has 144 valence electrons. The van der Waals surface area contributed by atoms with Gasteiger partial charge in [0.05, 0.1) is 0 Å². The van der Waals surface area contributed by atoms with Crippen LogP contribution in [0.25, 0.3) is 10.1 Å². The number of rotatable bonds is 5. The van der Waals surface area contributed by atoms with Crippen LogP contribution in [0.15, 0.2) is 60.7 Å². The molecule has 3 aliphatic heterocycles. The van der Waals surface area contributed by atoms with Gasteiger partial charge in [0, 0.05) is 21.8 Å². The van der Waals surface area contributed by atoms with E-state index in [1.807, 2.05) is 42.5 Å². The Labute approximate surface area is 169 Å². The number of benzene rings is 2. The van der Waals surface area contributed by atoms with Crippen LogP contribution in [0.3, 0.4) is 0 Å². The summed E-state index contributed by atoms with van der Waals surface area (Å²) in [6.07, 6.45) is 2.29. The maximum absolute atomic E-state index is 13.3. The van der Waals surface area contributed by atoms with E-state index in [1.54, 1.807) is 11.3 Å². The van der Waals surface area contributed by atoms with E-state index in [0.29, 0.717) is 5.92 Å². The molecule has 3 saturated heterocycles. The van der Waals surface area contributed by atoms with E-state index in [2.05, 4.69) is 28.4 Å². The van der Waals surface area contributed by atoms with E-state index < -0.39 is 6.04 Å². The molecule has 2 unspecified atom stereocenters. The summed E-state index contributed by atoms with van der Waals surface area (Å²) in [7, 11) is 0. The topological polar surface area (TPSA) is 41.6 Å². The summed E-state index contributed by atoms with van der Waals surface area (Å²) in [4.78, 5) is 16.7. The molecule has 3 aliphatic rings. The molecule has 0 amide bonds. The van der Waals surface area contributed by atoms with Crippen LogP contribution >= 0.6 is 11.3 Å². The van der Waals surface area contributed by atoms with E-state index >= 15 is 0 Å². The van der Waals surface area contributed by atoms with E-state index in [4.69, 9.17) is 4.74 Å². The van der Waals surface area contributed by atoms with Crippen molar-refractivity contribution in [3.63, 3.8) is 0 Å². The third kappa shape index (κ3) is 3.52. The average Bonchev–Trinajstić information content (AvgIpc) is 3.17. The molecular weight excluding hydrogens is 368 g/mol. The zero-order valence-corrected chi connectivity index (χ0v) is 16.5. The third-order valence-electron chi connectivity index (χ3n) is 5.91. The second kappa shape index (κ2) is 7.57. The fourth-order valence-electron chi connectivity index (χ4n) is 4.35. The highest BCUT2D eigenvalue weighted by atomic mass is 32.1. The van der Waals surface area contributed by atoms with Crippen molar-refractivity contribution in [2.75, 3.05) is 25.0 Å². The van der Waals surface area contributed by atoms with Gasteiger partial charge in [0.1, 0.15) is 6.10 Å². The number of anilines is 1. The lowest BCUT2D eigenvalue weighted by Crippen LogP contribution is -2.52. The van der Waals surface area contributed by atoms with Gasteiger partial charge in [-0.25, -0.2) is 4.79 Å². The predicted molar refractivity (Wildman–Crippen MR) is 114 cm³/mol. The van der Waals surface area contributed by atoms with Gasteiger partial charge in [-0.1, -0.05) is 36.4 Å². The van der Waals surface area contributed by atoms with Gasteiger partial charge in [0.25, 0.3) is 0 Å². The Morgan fingerprint density at radius 2 is 1.82 bits per heavy atom. The molecule has 4 heterocycles. The lowest BCUT2D eigenvalue weighted by Gasteiger charge is -2.44. The molecule has 3 fully saturated rings. The molecule has 1 N–H and O–H groups in total. The quantitative estimate of drug-likeness (QED) is 0.640. The number of para-hydroxylation sites is 1. The molecule has 0 radical (unpaired) electrons. The van der Waals surface area contributed by atoms with Crippen LogP contribution in [-0.2, 0) is 9.53 Å². The lowest BCUT2D eigenvalue weighted by atomic mass is 9.86. The zero-order valence-electron chi connectivity index (χ0n) is 15.7. The molecule has 5 heteroatoms. The number of piperidine rings is 3. The highest BCUT2D eigenvalue weighted by Gasteiger charge is 2.38. The van der Waals surface area contributed by atoms with Gasteiger partial charge in [-0.05, 0) is 61.5 Å². The van der Waals surface area contributed by atoms with Gasteiger partial charge in [-0.3, -0.25) is 4.90 Å². The van der Waals surface area contributed by atoms with Gasteiger partial charge in [0.2, 0.25) is 0 Å². The number of nitrogens with zero attached hydrogens (tertiary/aromatic N) is 1. The molecule has 0 aliphatic carbocycles. The summed E-state index contributed by atoms with van der Waals surface area (Å²) in [5.41, 5.74) is 0.927. The first-order valence-electron chi connectivity index (χ1n) is 9.99. The number of hydrogen-bond donors (Lipinski definition) is 1. The van der Waals surface area contributed by atoms with Crippen molar-refractivity contribution in [1.29, 1.82) is 0 Å². The molecule has 28 heavy (non-hydrogen) atoms. The number of nitrogens with one attached hydrogen (secondary N) is 1. The zero-order chi connectivity index (χ0) is 18.9. The summed E-state index contributed by atoms with van der Waals surface area (Å²) in [5.74, 6) is 0.336. The van der Waals surface area contributed by atoms with E-state index in [-0.39, 0.29) is 12.1 Å². The van der Waals surface area contributed by atoms with Crippen molar-refractivity contribution < 1.29 is 9.53 Å². The van der Waals surface area contributed by atoms with Crippen LogP contribution in [0.2, 0.25) is 0 Å². The van der Waals surface area contributed by atoms with Crippen molar-refractivity contribution in [2.45, 2.75) is 25.0 Å². The molecule has 2 atom stereocenters. The summed E-state index contributed by atoms with van der Waals surface area (Å²) in [6.45, 7) is 3.16. The minimum absolute atomic E-state index is 0.0180. The Kier molecular flexibility index (Phi) is 4.79. The Bertz CT molecular complexity index is 930. The molecule has 6 rings (SSSR count). The van der Waals surface area contributed by atoms with Gasteiger partial charge >= 0.3 is 5.97 Å². The molecule has 1 aromatic heterocycles. The molecule has 3 aromatic rings. The van der Waals surface area contributed by atoms with Crippen molar-refractivity contribution in [3.05, 3.63) is 65.5 Å². The Morgan fingerprint density at radius 1 is 1.07 bits per heavy atom. The number of esters is 1. The van der Waals surface area contributed by atoms with Crippen molar-refractivity contribution in [1.82, 2.24) is 4.90 Å². The Morgan fingerprint density at radius 3 is 2.54 bits per heavy atom. The fourth-order valence-corrected chi connectivity index (χ4v) is 5.46. The maximum atomic E-state index is 13.3. The monoisotopic (exact) mass is 392 g/mol. The second-order valence-corrected chi connectivity index (χ2v) is 8.86. The molecule has 0 saturated carbocycles. The third-order valence-corrected chi connectivity index (χ3v) is 7.09. The second-order valence-electron chi connectivity index (χ2n) is 7.74. The standard InChI is InChI=1S/C23H24N2O2S/c26-23(27-19-15-25-12-10-16(19)11-13-25)22(24-18-7-2-1-3-8-18)21-14-17-6-4-5-9-20(17)28-21/h1-9,14,16,19,22,24H,10-13,15H2. The normalized spacial score (nSPS) is 24.8. The highest BCUT2D eigenvalue weighted by molar-refractivity contribution is 7.19. The SMILES string of the molecule is O=C(OC1CN2CCC1CC2)C(Nc1ccccc1)c1cc2ccccc2s1. The van der Waals surface area contributed by atoms with Crippen LogP contribution in [0.1, 0.15) is 23.8 Å². The highest BCUT2D eigenvalue weighted by Crippen LogP contribution is 2.35. The number of carbonyl (C=O) groups excluding carboxylic acids is 1. The summed E-state index contributed by atoms with van der Waals surface area (Å²) in [6, 6.07) is 19.8. The Balaban J connectivity index is 1.42. The first kappa shape index (κ1) is 17.7. The van der Waals surface area contributed by atoms with Crippen molar-refractivity contribution in [2.24, 2.45) is 5.92 Å². The molecule has 0 spiro atoms. The van der Waals surface area contributed by atoms with Crippen LogP contribution in [0.5, 0.6) is 0 Å². The van der Waals surface area contributed by atoms with Gasteiger partial charge in [0.15, 0.2) is 6.04 Å². The number of fused-ring (bicyclic) bond motifs is 4. The lowest BCUT2D eigenvalue weighted by molar-refractivity contribution is -0.159.